The van der Waals surface area contributed by atoms with Crippen molar-refractivity contribution in [3.63, 3.8) is 0 Å². The number of thiol groups is 1. The van der Waals surface area contributed by atoms with Gasteiger partial charge in [0.15, 0.2) is 0 Å². The van der Waals surface area contributed by atoms with Gasteiger partial charge in [-0.3, -0.25) is 24.0 Å². The molecule has 0 bridgehead atoms. The standard InChI is InChI=1S/C21H29N5O8S/c22-12(8-11-4-2-1-3-5-11)18(30)25-14(9-16(23)27)19(31)26-15(10-35)20(32)24-13(21(33)34)6-7-17(28)29/h1-5,12-15,35H,6-10,22H2,(H2,23,27)(H,24,32)(H,25,30)(H,26,31)(H,28,29)(H,33,34). The van der Waals surface area contributed by atoms with E-state index in [1.54, 1.807) is 30.3 Å². The fourth-order valence-corrected chi connectivity index (χ4v) is 3.17. The molecule has 1 aromatic carbocycles. The molecule has 0 saturated carbocycles. The van der Waals surface area contributed by atoms with E-state index in [-0.39, 0.29) is 18.6 Å². The maximum Gasteiger partial charge on any atom is 0.326 e. The van der Waals surface area contributed by atoms with Crippen molar-refractivity contribution in [3.05, 3.63) is 35.9 Å². The van der Waals surface area contributed by atoms with Crippen molar-refractivity contribution in [1.82, 2.24) is 16.0 Å². The summed E-state index contributed by atoms with van der Waals surface area (Å²) in [5.74, 6) is -6.52. The molecule has 192 valence electrons. The number of benzene rings is 1. The highest BCUT2D eigenvalue weighted by molar-refractivity contribution is 7.80. The second kappa shape index (κ2) is 14.6. The Morgan fingerprint density at radius 2 is 1.40 bits per heavy atom. The van der Waals surface area contributed by atoms with Crippen molar-refractivity contribution >= 4 is 48.2 Å². The van der Waals surface area contributed by atoms with Crippen LogP contribution < -0.4 is 27.4 Å². The molecule has 9 N–H and O–H groups in total. The van der Waals surface area contributed by atoms with Gasteiger partial charge in [0.05, 0.1) is 12.5 Å². The Kier molecular flexibility index (Phi) is 12.2. The van der Waals surface area contributed by atoms with Crippen LogP contribution in [0.15, 0.2) is 30.3 Å². The number of carboxylic acid groups (broad SMARTS) is 2. The largest absolute Gasteiger partial charge is 0.481 e. The molecule has 35 heavy (non-hydrogen) atoms. The summed E-state index contributed by atoms with van der Waals surface area (Å²) < 4.78 is 0. The van der Waals surface area contributed by atoms with Crippen molar-refractivity contribution in [3.8, 4) is 0 Å². The van der Waals surface area contributed by atoms with Gasteiger partial charge in [0, 0.05) is 12.2 Å². The molecule has 4 unspecified atom stereocenters. The molecule has 0 radical (unpaired) electrons. The highest BCUT2D eigenvalue weighted by Crippen LogP contribution is 2.04. The Labute approximate surface area is 206 Å². The van der Waals surface area contributed by atoms with Crippen LogP contribution in [0.2, 0.25) is 0 Å². The van der Waals surface area contributed by atoms with Crippen LogP contribution in [0.25, 0.3) is 0 Å². The number of carbonyl (C=O) groups is 6. The molecule has 4 atom stereocenters. The summed E-state index contributed by atoms with van der Waals surface area (Å²) in [6.07, 6.45) is -1.33. The number of aliphatic carboxylic acids is 2. The van der Waals surface area contributed by atoms with Gasteiger partial charge in [-0.25, -0.2) is 4.79 Å². The average molecular weight is 512 g/mol. The molecular formula is C21H29N5O8S. The predicted octanol–water partition coefficient (Wildman–Crippen LogP) is -2.23. The van der Waals surface area contributed by atoms with E-state index in [9.17, 15) is 33.9 Å². The summed E-state index contributed by atoms with van der Waals surface area (Å²) in [5, 5.41) is 24.7. The smallest absolute Gasteiger partial charge is 0.326 e. The Bertz CT molecular complexity index is 930. The third-order valence-corrected chi connectivity index (χ3v) is 5.12. The molecule has 0 aliphatic heterocycles. The van der Waals surface area contributed by atoms with E-state index >= 15 is 0 Å². The summed E-state index contributed by atoms with van der Waals surface area (Å²) in [7, 11) is 0. The lowest BCUT2D eigenvalue weighted by Crippen LogP contribution is -2.58. The van der Waals surface area contributed by atoms with Crippen LogP contribution in [0.4, 0.5) is 0 Å². The fourth-order valence-electron chi connectivity index (χ4n) is 2.91. The number of carboxylic acids is 2. The zero-order chi connectivity index (χ0) is 26.5. The van der Waals surface area contributed by atoms with Crippen molar-refractivity contribution in [1.29, 1.82) is 0 Å². The molecular weight excluding hydrogens is 482 g/mol. The lowest BCUT2D eigenvalue weighted by molar-refractivity contribution is -0.143. The first-order valence-corrected chi connectivity index (χ1v) is 11.1. The SMILES string of the molecule is NC(=O)CC(NC(=O)C(N)Cc1ccccc1)C(=O)NC(CS)C(=O)NC(CCC(=O)O)C(=O)O. The third-order valence-electron chi connectivity index (χ3n) is 4.75. The van der Waals surface area contributed by atoms with E-state index in [0.717, 1.165) is 5.56 Å². The lowest BCUT2D eigenvalue weighted by atomic mass is 10.0. The van der Waals surface area contributed by atoms with Crippen molar-refractivity contribution in [2.75, 3.05) is 5.75 Å². The van der Waals surface area contributed by atoms with Crippen LogP contribution in [0.5, 0.6) is 0 Å². The van der Waals surface area contributed by atoms with Gasteiger partial charge in [-0.1, -0.05) is 30.3 Å². The first-order valence-electron chi connectivity index (χ1n) is 10.5. The summed E-state index contributed by atoms with van der Waals surface area (Å²) in [6, 6.07) is 3.47. The maximum absolute atomic E-state index is 12.7. The second-order valence-corrected chi connectivity index (χ2v) is 7.97. The monoisotopic (exact) mass is 511 g/mol. The molecule has 13 nitrogen and oxygen atoms in total. The van der Waals surface area contributed by atoms with Gasteiger partial charge in [0.2, 0.25) is 23.6 Å². The van der Waals surface area contributed by atoms with E-state index in [2.05, 4.69) is 28.6 Å². The molecule has 0 spiro atoms. The summed E-state index contributed by atoms with van der Waals surface area (Å²) in [6.45, 7) is 0. The number of nitrogens with one attached hydrogen (secondary N) is 3. The van der Waals surface area contributed by atoms with Crippen molar-refractivity contribution in [2.45, 2.75) is 49.9 Å². The van der Waals surface area contributed by atoms with Gasteiger partial charge in [-0.05, 0) is 18.4 Å². The summed E-state index contributed by atoms with van der Waals surface area (Å²) in [4.78, 5) is 71.1. The van der Waals surface area contributed by atoms with Crippen molar-refractivity contribution in [2.24, 2.45) is 11.5 Å². The minimum atomic E-state index is -1.52. The first-order chi connectivity index (χ1) is 16.4. The molecule has 0 aliphatic rings. The maximum atomic E-state index is 12.7. The van der Waals surface area contributed by atoms with Crippen LogP contribution in [0.3, 0.4) is 0 Å². The number of hydrogen-bond donors (Lipinski definition) is 8. The van der Waals surface area contributed by atoms with Crippen LogP contribution in [-0.4, -0.2) is 75.7 Å². The molecule has 14 heteroatoms. The van der Waals surface area contributed by atoms with Crippen LogP contribution >= 0.6 is 12.6 Å². The third kappa shape index (κ3) is 10.9. The minimum absolute atomic E-state index is 0.159. The highest BCUT2D eigenvalue weighted by atomic mass is 32.1. The number of amides is 4. The topological polar surface area (TPSA) is 231 Å². The molecule has 0 aliphatic carbocycles. The minimum Gasteiger partial charge on any atom is -0.481 e. The van der Waals surface area contributed by atoms with Crippen LogP contribution in [0, 0.1) is 0 Å². The van der Waals surface area contributed by atoms with E-state index in [1.807, 2.05) is 0 Å². The number of rotatable bonds is 15. The van der Waals surface area contributed by atoms with Crippen LogP contribution in [0.1, 0.15) is 24.8 Å². The van der Waals surface area contributed by atoms with Gasteiger partial charge >= 0.3 is 11.9 Å². The van der Waals surface area contributed by atoms with Gasteiger partial charge in [0.1, 0.15) is 18.1 Å². The molecule has 0 heterocycles. The Balaban J connectivity index is 2.84. The van der Waals surface area contributed by atoms with E-state index in [0.29, 0.717) is 0 Å². The number of nitrogens with two attached hydrogens (primary N) is 2. The van der Waals surface area contributed by atoms with E-state index in [1.165, 1.54) is 0 Å². The van der Waals surface area contributed by atoms with Gasteiger partial charge in [-0.15, -0.1) is 0 Å². The average Bonchev–Trinajstić information content (AvgIpc) is 2.79. The van der Waals surface area contributed by atoms with Crippen molar-refractivity contribution < 1.29 is 39.0 Å². The first kappa shape index (κ1) is 29.4. The van der Waals surface area contributed by atoms with Gasteiger partial charge in [-0.2, -0.15) is 12.6 Å². The fraction of sp³-hybridized carbons (Fsp3) is 0.429. The van der Waals surface area contributed by atoms with Gasteiger partial charge < -0.3 is 37.6 Å². The van der Waals surface area contributed by atoms with E-state index < -0.39 is 72.6 Å². The predicted molar refractivity (Wildman–Crippen MR) is 126 cm³/mol. The normalized spacial score (nSPS) is 14.0. The number of hydrogen-bond acceptors (Lipinski definition) is 8. The van der Waals surface area contributed by atoms with Gasteiger partial charge in [0.25, 0.3) is 0 Å². The van der Waals surface area contributed by atoms with E-state index in [4.69, 9.17) is 16.6 Å². The molecule has 1 aromatic rings. The molecule has 4 amide bonds. The Morgan fingerprint density at radius 3 is 1.91 bits per heavy atom. The number of primary amides is 1. The second-order valence-electron chi connectivity index (χ2n) is 7.60. The Hall–Kier alpha value is -3.65. The molecule has 0 fully saturated rings. The summed E-state index contributed by atoms with van der Waals surface area (Å²) in [5.41, 5.74) is 11.9. The van der Waals surface area contributed by atoms with Crippen LogP contribution in [-0.2, 0) is 35.2 Å². The summed E-state index contributed by atoms with van der Waals surface area (Å²) >= 11 is 3.97. The quantitative estimate of drug-likeness (QED) is 0.119. The molecule has 0 saturated heterocycles. The molecule has 0 aromatic heterocycles. The number of carbonyl (C=O) groups excluding carboxylic acids is 4. The Morgan fingerprint density at radius 1 is 0.857 bits per heavy atom. The highest BCUT2D eigenvalue weighted by Gasteiger charge is 2.30. The molecule has 1 rings (SSSR count). The zero-order valence-electron chi connectivity index (χ0n) is 18.7. The zero-order valence-corrected chi connectivity index (χ0v) is 19.6. The lowest BCUT2D eigenvalue weighted by Gasteiger charge is -2.24.